The van der Waals surface area contributed by atoms with Crippen LogP contribution in [0.1, 0.15) is 6.42 Å². The van der Waals surface area contributed by atoms with Crippen LogP contribution in [-0.2, 0) is 4.74 Å². The maximum absolute atomic E-state index is 5.50. The second-order valence-electron chi connectivity index (χ2n) is 3.79. The molecule has 0 radical (unpaired) electrons. The summed E-state index contributed by atoms with van der Waals surface area (Å²) in [4.78, 5) is 10.5. The van der Waals surface area contributed by atoms with Crippen molar-refractivity contribution in [3.05, 3.63) is 24.0 Å². The number of nitrogens with two attached hydrogens (primary N) is 1. The molecular formula is C11H16N4O. The quantitative estimate of drug-likeness (QED) is 0.765. The summed E-state index contributed by atoms with van der Waals surface area (Å²) in [5.41, 5.74) is 6.85. The smallest absolute Gasteiger partial charge is 0.147 e. The number of hydrogen-bond donors (Lipinski definition) is 1. The summed E-state index contributed by atoms with van der Waals surface area (Å²) in [6, 6.07) is 0. The molecule has 0 bridgehead atoms. The summed E-state index contributed by atoms with van der Waals surface area (Å²) in [5, 5.41) is 0. The lowest BCUT2D eigenvalue weighted by Crippen LogP contribution is -2.30. The Balaban J connectivity index is 2.01. The van der Waals surface area contributed by atoms with E-state index in [4.69, 9.17) is 10.5 Å². The zero-order valence-electron chi connectivity index (χ0n) is 9.39. The third kappa shape index (κ3) is 2.49. The number of methoxy groups -OCH3 is 1. The molecule has 2 rings (SSSR count). The molecule has 2 heterocycles. The molecule has 1 aliphatic rings. The Labute approximate surface area is 94.9 Å². The van der Waals surface area contributed by atoms with Crippen molar-refractivity contribution in [2.24, 2.45) is 0 Å². The Kier molecular flexibility index (Phi) is 3.36. The summed E-state index contributed by atoms with van der Waals surface area (Å²) in [7, 11) is 1.72. The predicted molar refractivity (Wildman–Crippen MR) is 63.2 cm³/mol. The van der Waals surface area contributed by atoms with Crippen LogP contribution in [-0.4, -0.2) is 36.8 Å². The fraction of sp³-hybridized carbons (Fsp3) is 0.455. The van der Waals surface area contributed by atoms with Gasteiger partial charge in [0, 0.05) is 20.2 Å². The molecule has 0 fully saturated rings. The Hall–Kier alpha value is -1.62. The van der Waals surface area contributed by atoms with Crippen molar-refractivity contribution in [3.63, 3.8) is 0 Å². The lowest BCUT2D eigenvalue weighted by Gasteiger charge is -2.26. The van der Waals surface area contributed by atoms with Gasteiger partial charge in [0.2, 0.25) is 0 Å². The first-order chi connectivity index (χ1) is 7.79. The van der Waals surface area contributed by atoms with E-state index in [0.717, 1.165) is 31.9 Å². The monoisotopic (exact) mass is 220 g/mol. The highest BCUT2D eigenvalue weighted by atomic mass is 16.5. The molecule has 0 spiro atoms. The minimum atomic E-state index is 0.455. The first-order valence-electron chi connectivity index (χ1n) is 5.29. The first kappa shape index (κ1) is 10.9. The molecular weight excluding hydrogens is 204 g/mol. The number of anilines is 2. The van der Waals surface area contributed by atoms with Gasteiger partial charge < -0.3 is 15.4 Å². The third-order valence-corrected chi connectivity index (χ3v) is 2.62. The van der Waals surface area contributed by atoms with Gasteiger partial charge in [0.25, 0.3) is 0 Å². The van der Waals surface area contributed by atoms with Crippen LogP contribution in [0.2, 0.25) is 0 Å². The minimum absolute atomic E-state index is 0.455. The van der Waals surface area contributed by atoms with Crippen LogP contribution in [0, 0.1) is 0 Å². The predicted octanol–water partition coefficient (Wildman–Crippen LogP) is 0.842. The molecule has 0 aromatic carbocycles. The van der Waals surface area contributed by atoms with Crippen LogP contribution in [0.5, 0.6) is 0 Å². The van der Waals surface area contributed by atoms with Crippen LogP contribution in [0.3, 0.4) is 0 Å². The molecule has 1 aromatic rings. The molecule has 2 N–H and O–H groups in total. The molecule has 16 heavy (non-hydrogen) atoms. The van der Waals surface area contributed by atoms with Gasteiger partial charge in [0.05, 0.1) is 19.0 Å². The van der Waals surface area contributed by atoms with E-state index in [-0.39, 0.29) is 0 Å². The Morgan fingerprint density at radius 2 is 2.31 bits per heavy atom. The van der Waals surface area contributed by atoms with E-state index in [1.807, 2.05) is 0 Å². The van der Waals surface area contributed by atoms with Gasteiger partial charge in [-0.1, -0.05) is 6.08 Å². The van der Waals surface area contributed by atoms with Crippen molar-refractivity contribution < 1.29 is 4.74 Å². The molecule has 0 saturated heterocycles. The average molecular weight is 220 g/mol. The SMILES string of the molecule is COCC1=CCN(c2cnc(N)cn2)CC1. The Bertz CT molecular complexity index is 374. The number of aromatic nitrogens is 2. The number of nitrogens with zero attached hydrogens (tertiary/aromatic N) is 3. The van der Waals surface area contributed by atoms with E-state index in [2.05, 4.69) is 20.9 Å². The molecule has 0 atom stereocenters. The van der Waals surface area contributed by atoms with E-state index in [9.17, 15) is 0 Å². The Morgan fingerprint density at radius 3 is 2.88 bits per heavy atom. The summed E-state index contributed by atoms with van der Waals surface area (Å²) >= 11 is 0. The molecule has 1 aromatic heterocycles. The van der Waals surface area contributed by atoms with E-state index in [1.165, 1.54) is 5.57 Å². The molecule has 0 amide bonds. The first-order valence-corrected chi connectivity index (χ1v) is 5.29. The lowest BCUT2D eigenvalue weighted by atomic mass is 10.1. The van der Waals surface area contributed by atoms with E-state index < -0.39 is 0 Å². The highest BCUT2D eigenvalue weighted by Gasteiger charge is 2.13. The molecule has 1 aliphatic heterocycles. The molecule has 86 valence electrons. The number of rotatable bonds is 3. The van der Waals surface area contributed by atoms with Gasteiger partial charge in [0.1, 0.15) is 11.6 Å². The van der Waals surface area contributed by atoms with Crippen molar-refractivity contribution >= 4 is 11.6 Å². The highest BCUT2D eigenvalue weighted by molar-refractivity contribution is 5.41. The van der Waals surface area contributed by atoms with Crippen molar-refractivity contribution in [1.82, 2.24) is 9.97 Å². The van der Waals surface area contributed by atoms with Gasteiger partial charge >= 0.3 is 0 Å². The van der Waals surface area contributed by atoms with Crippen molar-refractivity contribution in [3.8, 4) is 0 Å². The van der Waals surface area contributed by atoms with Crippen LogP contribution < -0.4 is 10.6 Å². The Morgan fingerprint density at radius 1 is 1.44 bits per heavy atom. The van der Waals surface area contributed by atoms with Gasteiger partial charge in [-0.05, 0) is 12.0 Å². The van der Waals surface area contributed by atoms with E-state index in [0.29, 0.717) is 5.82 Å². The fourth-order valence-electron chi connectivity index (χ4n) is 1.73. The van der Waals surface area contributed by atoms with Crippen LogP contribution in [0.15, 0.2) is 24.0 Å². The summed E-state index contributed by atoms with van der Waals surface area (Å²) < 4.78 is 5.11. The van der Waals surface area contributed by atoms with Gasteiger partial charge in [0.15, 0.2) is 0 Å². The van der Waals surface area contributed by atoms with Crippen molar-refractivity contribution in [1.29, 1.82) is 0 Å². The third-order valence-electron chi connectivity index (χ3n) is 2.62. The topological polar surface area (TPSA) is 64.3 Å². The lowest BCUT2D eigenvalue weighted by molar-refractivity contribution is 0.222. The van der Waals surface area contributed by atoms with Gasteiger partial charge in [-0.15, -0.1) is 0 Å². The van der Waals surface area contributed by atoms with Crippen molar-refractivity contribution in [2.45, 2.75) is 6.42 Å². The van der Waals surface area contributed by atoms with Gasteiger partial charge in [-0.3, -0.25) is 0 Å². The number of hydrogen-bond acceptors (Lipinski definition) is 5. The zero-order chi connectivity index (χ0) is 11.4. The van der Waals surface area contributed by atoms with E-state index >= 15 is 0 Å². The number of nitrogen functional groups attached to an aromatic ring is 1. The maximum Gasteiger partial charge on any atom is 0.147 e. The fourth-order valence-corrected chi connectivity index (χ4v) is 1.73. The normalized spacial score (nSPS) is 16.1. The molecule has 5 nitrogen and oxygen atoms in total. The summed E-state index contributed by atoms with van der Waals surface area (Å²) in [5.74, 6) is 1.33. The van der Waals surface area contributed by atoms with Gasteiger partial charge in [-0.2, -0.15) is 0 Å². The zero-order valence-corrected chi connectivity index (χ0v) is 9.39. The van der Waals surface area contributed by atoms with Crippen LogP contribution >= 0.6 is 0 Å². The molecule has 0 unspecified atom stereocenters. The second-order valence-corrected chi connectivity index (χ2v) is 3.79. The largest absolute Gasteiger partial charge is 0.382 e. The van der Waals surface area contributed by atoms with Crippen LogP contribution in [0.25, 0.3) is 0 Å². The standard InChI is InChI=1S/C11H16N4O/c1-16-8-9-2-4-15(5-3-9)11-7-13-10(12)6-14-11/h2,6-7H,3-5,8H2,1H3,(H2,12,13). The molecule has 5 heteroatoms. The molecule has 0 aliphatic carbocycles. The van der Waals surface area contributed by atoms with Crippen molar-refractivity contribution in [2.75, 3.05) is 37.4 Å². The minimum Gasteiger partial charge on any atom is -0.382 e. The van der Waals surface area contributed by atoms with E-state index in [1.54, 1.807) is 19.5 Å². The summed E-state index contributed by atoms with van der Waals surface area (Å²) in [6.07, 6.45) is 6.50. The number of ether oxygens (including phenoxy) is 1. The van der Waals surface area contributed by atoms with Gasteiger partial charge in [-0.25, -0.2) is 9.97 Å². The summed E-state index contributed by atoms with van der Waals surface area (Å²) in [6.45, 7) is 2.53. The average Bonchev–Trinajstić information content (AvgIpc) is 2.32. The highest BCUT2D eigenvalue weighted by Crippen LogP contribution is 2.17. The molecule has 0 saturated carbocycles. The maximum atomic E-state index is 5.50. The van der Waals surface area contributed by atoms with Crippen LogP contribution in [0.4, 0.5) is 11.6 Å². The second kappa shape index (κ2) is 4.94.